The molecule has 64 valence electrons. The molecule has 0 bridgehead atoms. The fourth-order valence-corrected chi connectivity index (χ4v) is 1.11. The summed E-state index contributed by atoms with van der Waals surface area (Å²) in [6.45, 7) is -0.159. The Labute approximate surface area is 64.4 Å². The number of urea groups is 1. The highest BCUT2D eigenvalue weighted by atomic mass is 16.3. The Balaban J connectivity index is 2.43. The minimum absolute atomic E-state index is 0.0794. The fourth-order valence-electron chi connectivity index (χ4n) is 1.11. The lowest BCUT2D eigenvalue weighted by Gasteiger charge is -2.28. The van der Waals surface area contributed by atoms with E-state index in [0.717, 1.165) is 0 Å². The van der Waals surface area contributed by atoms with Gasteiger partial charge >= 0.3 is 6.03 Å². The summed E-state index contributed by atoms with van der Waals surface area (Å²) in [5, 5.41) is 22.4. The third kappa shape index (κ3) is 2.06. The summed E-state index contributed by atoms with van der Waals surface area (Å²) in [6, 6.07) is -0.767. The molecule has 5 heteroatoms. The van der Waals surface area contributed by atoms with Crippen molar-refractivity contribution >= 4 is 6.03 Å². The predicted octanol–water partition coefficient (Wildman–Crippen LogP) is -1.59. The van der Waals surface area contributed by atoms with Gasteiger partial charge < -0.3 is 20.8 Å². The van der Waals surface area contributed by atoms with Crippen molar-refractivity contribution < 1.29 is 15.0 Å². The van der Waals surface area contributed by atoms with E-state index in [-0.39, 0.29) is 31.3 Å². The average Bonchev–Trinajstić information content (AvgIpc) is 2.03. The van der Waals surface area contributed by atoms with Crippen molar-refractivity contribution in [3.63, 3.8) is 0 Å². The van der Waals surface area contributed by atoms with Crippen molar-refractivity contribution in [1.29, 1.82) is 0 Å². The van der Waals surface area contributed by atoms with Gasteiger partial charge in [-0.3, -0.25) is 0 Å². The molecule has 0 spiro atoms. The van der Waals surface area contributed by atoms with Crippen molar-refractivity contribution in [2.24, 2.45) is 0 Å². The van der Waals surface area contributed by atoms with Gasteiger partial charge in [0, 0.05) is 0 Å². The van der Waals surface area contributed by atoms with E-state index in [1.807, 2.05) is 0 Å². The van der Waals surface area contributed by atoms with Crippen molar-refractivity contribution in [3.05, 3.63) is 0 Å². The molecule has 0 aromatic heterocycles. The van der Waals surface area contributed by atoms with Crippen LogP contribution in [0.4, 0.5) is 4.79 Å². The number of carbonyl (C=O) groups excluding carboxylic acids is 1. The average molecular weight is 160 g/mol. The SMILES string of the molecule is O=C1N[C@H](CO)C[C@H](CO)N1. The summed E-state index contributed by atoms with van der Waals surface area (Å²) >= 11 is 0. The molecule has 11 heavy (non-hydrogen) atoms. The minimum atomic E-state index is -0.325. The molecule has 0 aromatic carbocycles. The van der Waals surface area contributed by atoms with E-state index >= 15 is 0 Å². The molecule has 4 N–H and O–H groups in total. The zero-order chi connectivity index (χ0) is 8.27. The van der Waals surface area contributed by atoms with E-state index < -0.39 is 0 Å². The van der Waals surface area contributed by atoms with Gasteiger partial charge in [-0.15, -0.1) is 0 Å². The Hall–Kier alpha value is -0.810. The van der Waals surface area contributed by atoms with E-state index in [2.05, 4.69) is 10.6 Å². The fraction of sp³-hybridized carbons (Fsp3) is 0.833. The third-order valence-electron chi connectivity index (χ3n) is 1.68. The maximum atomic E-state index is 10.8. The van der Waals surface area contributed by atoms with Crippen LogP contribution in [0.5, 0.6) is 0 Å². The lowest BCUT2D eigenvalue weighted by molar-refractivity contribution is 0.161. The van der Waals surface area contributed by atoms with Crippen molar-refractivity contribution in [1.82, 2.24) is 10.6 Å². The first kappa shape index (κ1) is 8.29. The van der Waals surface area contributed by atoms with E-state index in [0.29, 0.717) is 6.42 Å². The van der Waals surface area contributed by atoms with Gasteiger partial charge in [0.2, 0.25) is 0 Å². The summed E-state index contributed by atoms with van der Waals surface area (Å²) in [4.78, 5) is 10.8. The van der Waals surface area contributed by atoms with Gasteiger partial charge in [-0.1, -0.05) is 0 Å². The Morgan fingerprint density at radius 2 is 1.73 bits per heavy atom. The molecule has 2 atom stereocenters. The Morgan fingerprint density at radius 3 is 2.09 bits per heavy atom. The van der Waals surface area contributed by atoms with Gasteiger partial charge in [-0.2, -0.15) is 0 Å². The highest BCUT2D eigenvalue weighted by molar-refractivity contribution is 5.75. The number of carbonyl (C=O) groups is 1. The second kappa shape index (κ2) is 3.54. The molecule has 1 rings (SSSR count). The number of aliphatic hydroxyl groups excluding tert-OH is 2. The first-order valence-corrected chi connectivity index (χ1v) is 3.55. The summed E-state index contributed by atoms with van der Waals surface area (Å²) in [5.41, 5.74) is 0. The van der Waals surface area contributed by atoms with E-state index in [1.54, 1.807) is 0 Å². The topological polar surface area (TPSA) is 81.6 Å². The third-order valence-corrected chi connectivity index (χ3v) is 1.68. The first-order chi connectivity index (χ1) is 5.26. The molecular weight excluding hydrogens is 148 g/mol. The van der Waals surface area contributed by atoms with Gasteiger partial charge in [0.25, 0.3) is 0 Å². The van der Waals surface area contributed by atoms with Crippen LogP contribution in [-0.4, -0.2) is 41.5 Å². The largest absolute Gasteiger partial charge is 0.394 e. The first-order valence-electron chi connectivity index (χ1n) is 3.55. The predicted molar refractivity (Wildman–Crippen MR) is 38.0 cm³/mol. The number of aliphatic hydroxyl groups is 2. The van der Waals surface area contributed by atoms with Gasteiger partial charge in [0.15, 0.2) is 0 Å². The Bertz CT molecular complexity index is 137. The highest BCUT2D eigenvalue weighted by Gasteiger charge is 2.23. The molecule has 0 aromatic rings. The summed E-state index contributed by atoms with van der Waals surface area (Å²) in [7, 11) is 0. The summed E-state index contributed by atoms with van der Waals surface area (Å²) in [6.07, 6.45) is 0.568. The standard InChI is InChI=1S/C6H12N2O3/c9-2-4-1-5(3-10)8-6(11)7-4/h4-5,9-10H,1-3H2,(H2,7,8,11)/t4-,5+. The van der Waals surface area contributed by atoms with Crippen molar-refractivity contribution in [2.45, 2.75) is 18.5 Å². The van der Waals surface area contributed by atoms with E-state index in [4.69, 9.17) is 10.2 Å². The molecule has 1 fully saturated rings. The molecule has 1 saturated heterocycles. The van der Waals surface area contributed by atoms with Gasteiger partial charge in [0.1, 0.15) is 0 Å². The van der Waals surface area contributed by atoms with Crippen molar-refractivity contribution in [2.75, 3.05) is 13.2 Å². The monoisotopic (exact) mass is 160 g/mol. The Morgan fingerprint density at radius 1 is 1.27 bits per heavy atom. The van der Waals surface area contributed by atoms with Crippen LogP contribution < -0.4 is 10.6 Å². The molecule has 0 radical (unpaired) electrons. The van der Waals surface area contributed by atoms with Crippen LogP contribution in [-0.2, 0) is 0 Å². The molecule has 5 nitrogen and oxygen atoms in total. The molecule has 0 saturated carbocycles. The summed E-state index contributed by atoms with van der Waals surface area (Å²) < 4.78 is 0. The van der Waals surface area contributed by atoms with Crippen LogP contribution in [0.3, 0.4) is 0 Å². The summed E-state index contributed by atoms with van der Waals surface area (Å²) in [5.74, 6) is 0. The van der Waals surface area contributed by atoms with Crippen LogP contribution in [0.25, 0.3) is 0 Å². The quantitative estimate of drug-likeness (QED) is 0.393. The normalized spacial score (nSPS) is 30.9. The second-order valence-electron chi connectivity index (χ2n) is 2.61. The molecular formula is C6H12N2O3. The number of hydrogen-bond donors (Lipinski definition) is 4. The van der Waals surface area contributed by atoms with E-state index in [9.17, 15) is 4.79 Å². The number of nitrogens with one attached hydrogen (secondary N) is 2. The van der Waals surface area contributed by atoms with Crippen LogP contribution in [0.15, 0.2) is 0 Å². The lowest BCUT2D eigenvalue weighted by atomic mass is 10.1. The number of amides is 2. The molecule has 1 aliphatic rings. The zero-order valence-corrected chi connectivity index (χ0v) is 6.08. The van der Waals surface area contributed by atoms with Crippen LogP contribution in [0.1, 0.15) is 6.42 Å². The minimum Gasteiger partial charge on any atom is -0.394 e. The molecule has 0 unspecified atom stereocenters. The zero-order valence-electron chi connectivity index (χ0n) is 6.08. The van der Waals surface area contributed by atoms with Crippen LogP contribution >= 0.6 is 0 Å². The van der Waals surface area contributed by atoms with Crippen molar-refractivity contribution in [3.8, 4) is 0 Å². The van der Waals surface area contributed by atoms with Gasteiger partial charge in [0.05, 0.1) is 25.3 Å². The maximum absolute atomic E-state index is 10.8. The molecule has 1 heterocycles. The van der Waals surface area contributed by atoms with Gasteiger partial charge in [-0.05, 0) is 6.42 Å². The maximum Gasteiger partial charge on any atom is 0.315 e. The highest BCUT2D eigenvalue weighted by Crippen LogP contribution is 2.02. The molecule has 0 aliphatic carbocycles. The lowest BCUT2D eigenvalue weighted by Crippen LogP contribution is -2.56. The van der Waals surface area contributed by atoms with Crippen LogP contribution in [0, 0.1) is 0 Å². The number of hydrogen-bond acceptors (Lipinski definition) is 3. The second-order valence-corrected chi connectivity index (χ2v) is 2.61. The molecule has 1 aliphatic heterocycles. The van der Waals surface area contributed by atoms with Gasteiger partial charge in [-0.25, -0.2) is 4.79 Å². The Kier molecular flexibility index (Phi) is 2.67. The smallest absolute Gasteiger partial charge is 0.315 e. The van der Waals surface area contributed by atoms with Crippen LogP contribution in [0.2, 0.25) is 0 Å². The number of rotatable bonds is 2. The molecule has 2 amide bonds. The van der Waals surface area contributed by atoms with E-state index in [1.165, 1.54) is 0 Å².